The zero-order valence-electron chi connectivity index (χ0n) is 9.47. The molecule has 0 atom stereocenters. The summed E-state index contributed by atoms with van der Waals surface area (Å²) in [4.78, 5) is 12.4. The van der Waals surface area contributed by atoms with E-state index in [4.69, 9.17) is 0 Å². The summed E-state index contributed by atoms with van der Waals surface area (Å²) in [7, 11) is 1.85. The second-order valence-corrected chi connectivity index (χ2v) is 4.00. The average Bonchev–Trinajstić information content (AvgIpc) is 2.79. The number of fused-ring (bicyclic) bond motifs is 2. The largest absolute Gasteiger partial charge is 0.388 e. The van der Waals surface area contributed by atoms with E-state index in [1.54, 1.807) is 0 Å². The van der Waals surface area contributed by atoms with Crippen molar-refractivity contribution in [2.45, 2.75) is 0 Å². The third kappa shape index (κ3) is 1.47. The summed E-state index contributed by atoms with van der Waals surface area (Å²) < 4.78 is 1.85. The Labute approximate surface area is 98.3 Å². The van der Waals surface area contributed by atoms with Crippen LogP contribution in [0.3, 0.4) is 0 Å². The first-order valence-electron chi connectivity index (χ1n) is 5.51. The first-order chi connectivity index (χ1) is 8.29. The van der Waals surface area contributed by atoms with Gasteiger partial charge in [-0.1, -0.05) is 6.07 Å². The Morgan fingerprint density at radius 1 is 1.12 bits per heavy atom. The van der Waals surface area contributed by atoms with Crippen molar-refractivity contribution in [2.24, 2.45) is 0 Å². The lowest BCUT2D eigenvalue weighted by Gasteiger charge is -1.99. The van der Waals surface area contributed by atoms with Crippen LogP contribution in [-0.4, -0.2) is 11.4 Å². The van der Waals surface area contributed by atoms with Crippen LogP contribution in [0, 0.1) is 0 Å². The molecule has 0 aliphatic carbocycles. The van der Waals surface area contributed by atoms with Gasteiger partial charge < -0.3 is 9.72 Å². The van der Waals surface area contributed by atoms with Gasteiger partial charge in [-0.2, -0.15) is 0 Å². The van der Waals surface area contributed by atoms with Crippen molar-refractivity contribution in [3.05, 3.63) is 59.0 Å². The van der Waals surface area contributed by atoms with Crippen molar-refractivity contribution in [3.63, 3.8) is 0 Å². The SMILES string of the molecule is CNc1ccc2ccn3cccc3c(=O)c2c1. The molecule has 0 spiro atoms. The molecule has 3 rings (SSSR count). The normalized spacial score (nSPS) is 10.9. The molecular formula is C14H12N2O. The maximum atomic E-state index is 12.4. The number of benzene rings is 1. The molecule has 0 bridgehead atoms. The third-order valence-corrected chi connectivity index (χ3v) is 3.01. The van der Waals surface area contributed by atoms with Gasteiger partial charge in [0.1, 0.15) is 0 Å². The number of rotatable bonds is 1. The van der Waals surface area contributed by atoms with Gasteiger partial charge in [0, 0.05) is 30.5 Å². The molecule has 2 aromatic heterocycles. The first-order valence-corrected chi connectivity index (χ1v) is 5.51. The van der Waals surface area contributed by atoms with Crippen LogP contribution in [0.4, 0.5) is 5.69 Å². The Morgan fingerprint density at radius 2 is 2.00 bits per heavy atom. The van der Waals surface area contributed by atoms with E-state index in [-0.39, 0.29) is 5.43 Å². The highest BCUT2D eigenvalue weighted by atomic mass is 16.1. The fraction of sp³-hybridized carbons (Fsp3) is 0.0714. The highest BCUT2D eigenvalue weighted by Crippen LogP contribution is 2.16. The van der Waals surface area contributed by atoms with Crippen LogP contribution in [0.5, 0.6) is 0 Å². The fourth-order valence-electron chi connectivity index (χ4n) is 2.07. The van der Waals surface area contributed by atoms with Crippen molar-refractivity contribution < 1.29 is 0 Å². The highest BCUT2D eigenvalue weighted by Gasteiger charge is 2.02. The molecule has 3 nitrogen and oxygen atoms in total. The van der Waals surface area contributed by atoms with Crippen LogP contribution in [0.1, 0.15) is 0 Å². The van der Waals surface area contributed by atoms with Gasteiger partial charge in [0.2, 0.25) is 5.43 Å². The van der Waals surface area contributed by atoms with Gasteiger partial charge in [-0.15, -0.1) is 0 Å². The van der Waals surface area contributed by atoms with E-state index in [0.717, 1.165) is 16.5 Å². The number of aromatic nitrogens is 1. The van der Waals surface area contributed by atoms with Crippen LogP contribution >= 0.6 is 0 Å². The molecule has 2 heterocycles. The zero-order valence-corrected chi connectivity index (χ0v) is 9.47. The van der Waals surface area contributed by atoms with Gasteiger partial charge in [0.25, 0.3) is 0 Å². The number of nitrogens with one attached hydrogen (secondary N) is 1. The Bertz CT molecular complexity index is 759. The topological polar surface area (TPSA) is 33.5 Å². The minimum Gasteiger partial charge on any atom is -0.388 e. The lowest BCUT2D eigenvalue weighted by atomic mass is 10.1. The molecule has 1 N–H and O–H groups in total. The van der Waals surface area contributed by atoms with Gasteiger partial charge in [-0.3, -0.25) is 4.79 Å². The minimum atomic E-state index is 0.0621. The summed E-state index contributed by atoms with van der Waals surface area (Å²) in [5.74, 6) is 0. The molecule has 0 unspecified atom stereocenters. The lowest BCUT2D eigenvalue weighted by Crippen LogP contribution is -2.00. The Balaban J connectivity index is 2.56. The van der Waals surface area contributed by atoms with Crippen LogP contribution in [0.25, 0.3) is 16.3 Å². The summed E-state index contributed by atoms with van der Waals surface area (Å²) in [5.41, 5.74) is 1.71. The summed E-state index contributed by atoms with van der Waals surface area (Å²) in [6.45, 7) is 0. The molecule has 3 heteroatoms. The second-order valence-electron chi connectivity index (χ2n) is 4.00. The average molecular weight is 224 g/mol. The monoisotopic (exact) mass is 224 g/mol. The minimum absolute atomic E-state index is 0.0621. The molecule has 0 radical (unpaired) electrons. The van der Waals surface area contributed by atoms with E-state index < -0.39 is 0 Å². The molecule has 3 aromatic rings. The predicted octanol–water partition coefficient (Wildman–Crippen LogP) is 2.49. The molecule has 0 fully saturated rings. The van der Waals surface area contributed by atoms with Crippen LogP contribution in [0.15, 0.2) is 53.6 Å². The zero-order chi connectivity index (χ0) is 11.8. The molecule has 0 aliphatic rings. The summed E-state index contributed by atoms with van der Waals surface area (Å²) in [6.07, 6.45) is 3.80. The molecule has 0 saturated heterocycles. The van der Waals surface area contributed by atoms with Crippen LogP contribution in [-0.2, 0) is 0 Å². The van der Waals surface area contributed by atoms with E-state index in [1.165, 1.54) is 0 Å². The van der Waals surface area contributed by atoms with E-state index in [0.29, 0.717) is 5.52 Å². The highest BCUT2D eigenvalue weighted by molar-refractivity contribution is 5.87. The Kier molecular flexibility index (Phi) is 2.11. The maximum absolute atomic E-state index is 12.4. The molecule has 0 amide bonds. The lowest BCUT2D eigenvalue weighted by molar-refractivity contribution is 1.21. The number of hydrogen-bond donors (Lipinski definition) is 1. The Morgan fingerprint density at radius 3 is 2.82 bits per heavy atom. The van der Waals surface area contributed by atoms with Crippen molar-refractivity contribution in [3.8, 4) is 0 Å². The smallest absolute Gasteiger partial charge is 0.210 e. The van der Waals surface area contributed by atoms with E-state index in [1.807, 2.05) is 60.2 Å². The predicted molar refractivity (Wildman–Crippen MR) is 70.7 cm³/mol. The number of nitrogens with zero attached hydrogens (tertiary/aromatic N) is 1. The van der Waals surface area contributed by atoms with Crippen LogP contribution in [0.2, 0.25) is 0 Å². The van der Waals surface area contributed by atoms with E-state index in [9.17, 15) is 4.79 Å². The molecular weight excluding hydrogens is 212 g/mol. The van der Waals surface area contributed by atoms with Gasteiger partial charge in [-0.05, 0) is 35.7 Å². The van der Waals surface area contributed by atoms with Crippen molar-refractivity contribution in [2.75, 3.05) is 12.4 Å². The van der Waals surface area contributed by atoms with Gasteiger partial charge in [-0.25, -0.2) is 0 Å². The van der Waals surface area contributed by atoms with E-state index >= 15 is 0 Å². The van der Waals surface area contributed by atoms with E-state index in [2.05, 4.69) is 5.32 Å². The molecule has 0 aliphatic heterocycles. The van der Waals surface area contributed by atoms with Crippen LogP contribution < -0.4 is 10.7 Å². The summed E-state index contributed by atoms with van der Waals surface area (Å²) >= 11 is 0. The number of hydrogen-bond acceptors (Lipinski definition) is 2. The fourth-order valence-corrected chi connectivity index (χ4v) is 2.07. The van der Waals surface area contributed by atoms with Gasteiger partial charge >= 0.3 is 0 Å². The van der Waals surface area contributed by atoms with Crippen molar-refractivity contribution in [1.82, 2.24) is 4.40 Å². The summed E-state index contributed by atoms with van der Waals surface area (Å²) in [6, 6.07) is 11.5. The molecule has 1 aromatic carbocycles. The second kappa shape index (κ2) is 3.63. The first kappa shape index (κ1) is 9.90. The van der Waals surface area contributed by atoms with Crippen molar-refractivity contribution in [1.29, 1.82) is 0 Å². The molecule has 0 saturated carbocycles. The quantitative estimate of drug-likeness (QED) is 0.689. The van der Waals surface area contributed by atoms with Crippen molar-refractivity contribution >= 4 is 22.0 Å². The van der Waals surface area contributed by atoms with Gasteiger partial charge in [0.15, 0.2) is 0 Å². The van der Waals surface area contributed by atoms with Gasteiger partial charge in [0.05, 0.1) is 5.52 Å². The Hall–Kier alpha value is -2.29. The third-order valence-electron chi connectivity index (χ3n) is 3.01. The standard InChI is InChI=1S/C14H12N2O/c1-15-11-5-4-10-6-8-16-7-2-3-13(16)14(17)12(10)9-11/h2-9,15H,1H3. The number of anilines is 1. The molecule has 17 heavy (non-hydrogen) atoms. The summed E-state index contributed by atoms with van der Waals surface area (Å²) in [5, 5.41) is 4.75. The molecule has 84 valence electrons. The maximum Gasteiger partial charge on any atom is 0.210 e.